The number of carbonyl (C=O) groups is 1. The van der Waals surface area contributed by atoms with Gasteiger partial charge in [-0.15, -0.1) is 0 Å². The van der Waals surface area contributed by atoms with Crippen LogP contribution >= 0.6 is 11.6 Å². The Morgan fingerprint density at radius 3 is 2.62 bits per heavy atom. The summed E-state index contributed by atoms with van der Waals surface area (Å²) in [6, 6.07) is 13.7. The molecule has 0 aliphatic rings. The molecule has 6 heteroatoms. The number of pyridine rings is 1. The number of aromatic carboxylic acids is 1. The molecule has 104 valence electrons. The lowest BCUT2D eigenvalue weighted by Gasteiger charge is -2.04. The Labute approximate surface area is 125 Å². The minimum Gasteiger partial charge on any atom is -0.477 e. The number of rotatable bonds is 3. The standard InChI is InChI=1S/C15H10ClN3O2/c16-10-4-3-5-11(8-10)19-14(15(20)21)9-13(18-19)12-6-1-2-7-17-12/h1-9H,(H,20,21). The summed E-state index contributed by atoms with van der Waals surface area (Å²) >= 11 is 5.95. The number of benzene rings is 1. The molecule has 0 unspecified atom stereocenters. The third-order valence-electron chi connectivity index (χ3n) is 2.91. The van der Waals surface area contributed by atoms with Crippen molar-refractivity contribution in [2.45, 2.75) is 0 Å². The number of aromatic nitrogens is 3. The van der Waals surface area contributed by atoms with Crippen molar-refractivity contribution in [1.82, 2.24) is 14.8 Å². The van der Waals surface area contributed by atoms with Gasteiger partial charge in [0.1, 0.15) is 5.69 Å². The molecule has 1 aromatic carbocycles. The molecule has 0 amide bonds. The van der Waals surface area contributed by atoms with E-state index in [0.29, 0.717) is 22.1 Å². The van der Waals surface area contributed by atoms with Crippen LogP contribution in [-0.4, -0.2) is 25.8 Å². The number of hydrogen-bond donors (Lipinski definition) is 1. The summed E-state index contributed by atoms with van der Waals surface area (Å²) in [5.41, 5.74) is 1.74. The van der Waals surface area contributed by atoms with E-state index in [1.165, 1.54) is 10.7 Å². The molecule has 0 radical (unpaired) electrons. The molecule has 3 rings (SSSR count). The Morgan fingerprint density at radius 1 is 1.10 bits per heavy atom. The van der Waals surface area contributed by atoms with Gasteiger partial charge in [0.05, 0.1) is 11.4 Å². The quantitative estimate of drug-likeness (QED) is 0.806. The molecule has 3 aromatic rings. The zero-order chi connectivity index (χ0) is 14.8. The van der Waals surface area contributed by atoms with Crippen LogP contribution in [0.3, 0.4) is 0 Å². The molecular weight excluding hydrogens is 290 g/mol. The monoisotopic (exact) mass is 299 g/mol. The van der Waals surface area contributed by atoms with Gasteiger partial charge in [0.25, 0.3) is 0 Å². The number of carboxylic acid groups (broad SMARTS) is 1. The average molecular weight is 300 g/mol. The van der Waals surface area contributed by atoms with Crippen LogP contribution in [0, 0.1) is 0 Å². The summed E-state index contributed by atoms with van der Waals surface area (Å²) in [5.74, 6) is -1.07. The summed E-state index contributed by atoms with van der Waals surface area (Å²) in [7, 11) is 0. The van der Waals surface area contributed by atoms with E-state index in [2.05, 4.69) is 10.1 Å². The molecule has 21 heavy (non-hydrogen) atoms. The van der Waals surface area contributed by atoms with Gasteiger partial charge in [0.15, 0.2) is 5.69 Å². The van der Waals surface area contributed by atoms with Crippen molar-refractivity contribution < 1.29 is 9.90 Å². The largest absolute Gasteiger partial charge is 0.477 e. The van der Waals surface area contributed by atoms with Gasteiger partial charge in [0, 0.05) is 17.3 Å². The lowest BCUT2D eigenvalue weighted by molar-refractivity contribution is 0.0687. The summed E-state index contributed by atoms with van der Waals surface area (Å²) < 4.78 is 1.35. The van der Waals surface area contributed by atoms with Gasteiger partial charge in [-0.25, -0.2) is 9.48 Å². The van der Waals surface area contributed by atoms with Gasteiger partial charge < -0.3 is 5.11 Å². The van der Waals surface area contributed by atoms with E-state index in [4.69, 9.17) is 11.6 Å². The molecule has 2 aromatic heterocycles. The van der Waals surface area contributed by atoms with Crippen molar-refractivity contribution in [2.24, 2.45) is 0 Å². The fourth-order valence-electron chi connectivity index (χ4n) is 1.98. The molecule has 0 fully saturated rings. The van der Waals surface area contributed by atoms with Crippen LogP contribution in [0.4, 0.5) is 0 Å². The first-order valence-corrected chi connectivity index (χ1v) is 6.53. The highest BCUT2D eigenvalue weighted by Crippen LogP contribution is 2.21. The third kappa shape index (κ3) is 2.64. The van der Waals surface area contributed by atoms with Crippen molar-refractivity contribution >= 4 is 17.6 Å². The highest BCUT2D eigenvalue weighted by molar-refractivity contribution is 6.30. The molecule has 0 aliphatic carbocycles. The van der Waals surface area contributed by atoms with E-state index in [1.807, 2.05) is 6.07 Å². The number of nitrogens with zero attached hydrogens (tertiary/aromatic N) is 3. The zero-order valence-corrected chi connectivity index (χ0v) is 11.5. The first-order valence-electron chi connectivity index (χ1n) is 6.16. The van der Waals surface area contributed by atoms with Crippen LogP contribution in [0.25, 0.3) is 17.1 Å². The molecule has 5 nitrogen and oxygen atoms in total. The van der Waals surface area contributed by atoms with Crippen LogP contribution in [0.5, 0.6) is 0 Å². The van der Waals surface area contributed by atoms with Crippen LogP contribution in [0.2, 0.25) is 5.02 Å². The van der Waals surface area contributed by atoms with Crippen molar-refractivity contribution in [1.29, 1.82) is 0 Å². The Morgan fingerprint density at radius 2 is 1.95 bits per heavy atom. The Kier molecular flexibility index (Phi) is 3.41. The maximum Gasteiger partial charge on any atom is 0.354 e. The maximum atomic E-state index is 11.4. The molecular formula is C15H10ClN3O2. The van der Waals surface area contributed by atoms with Crippen LogP contribution < -0.4 is 0 Å². The van der Waals surface area contributed by atoms with E-state index >= 15 is 0 Å². The normalized spacial score (nSPS) is 10.5. The smallest absolute Gasteiger partial charge is 0.354 e. The van der Waals surface area contributed by atoms with Gasteiger partial charge in [-0.3, -0.25) is 4.98 Å². The minimum atomic E-state index is -1.07. The fraction of sp³-hybridized carbons (Fsp3) is 0. The first-order chi connectivity index (χ1) is 10.1. The van der Waals surface area contributed by atoms with Crippen LogP contribution in [0.1, 0.15) is 10.5 Å². The van der Waals surface area contributed by atoms with E-state index in [0.717, 1.165) is 0 Å². The SMILES string of the molecule is O=C(O)c1cc(-c2ccccn2)nn1-c1cccc(Cl)c1. The van der Waals surface area contributed by atoms with E-state index in [9.17, 15) is 9.90 Å². The van der Waals surface area contributed by atoms with Gasteiger partial charge in [0.2, 0.25) is 0 Å². The lowest BCUT2D eigenvalue weighted by Crippen LogP contribution is -2.07. The highest BCUT2D eigenvalue weighted by Gasteiger charge is 2.17. The second kappa shape index (κ2) is 5.38. The van der Waals surface area contributed by atoms with Crippen molar-refractivity contribution in [3.63, 3.8) is 0 Å². The molecule has 1 N–H and O–H groups in total. The Hall–Kier alpha value is -2.66. The topological polar surface area (TPSA) is 68.0 Å². The molecule has 0 atom stereocenters. The second-order valence-corrected chi connectivity index (χ2v) is 4.76. The van der Waals surface area contributed by atoms with Crippen LogP contribution in [-0.2, 0) is 0 Å². The Bertz CT molecular complexity index is 800. The lowest BCUT2D eigenvalue weighted by atomic mass is 10.2. The molecule has 0 saturated carbocycles. The predicted octanol–water partition coefficient (Wildman–Crippen LogP) is 3.29. The second-order valence-electron chi connectivity index (χ2n) is 4.33. The molecule has 2 heterocycles. The van der Waals surface area contributed by atoms with Gasteiger partial charge in [-0.05, 0) is 30.3 Å². The number of carboxylic acids is 1. The van der Waals surface area contributed by atoms with Gasteiger partial charge >= 0.3 is 5.97 Å². The van der Waals surface area contributed by atoms with E-state index in [1.54, 1.807) is 42.6 Å². The summed E-state index contributed by atoms with van der Waals surface area (Å²) in [6.07, 6.45) is 1.63. The minimum absolute atomic E-state index is 0.0536. The van der Waals surface area contributed by atoms with E-state index < -0.39 is 5.97 Å². The predicted molar refractivity (Wildman–Crippen MR) is 78.8 cm³/mol. The van der Waals surface area contributed by atoms with E-state index in [-0.39, 0.29) is 5.69 Å². The zero-order valence-electron chi connectivity index (χ0n) is 10.8. The van der Waals surface area contributed by atoms with Crippen molar-refractivity contribution in [3.05, 3.63) is 65.4 Å². The summed E-state index contributed by atoms with van der Waals surface area (Å²) in [6.45, 7) is 0. The van der Waals surface area contributed by atoms with Crippen molar-refractivity contribution in [2.75, 3.05) is 0 Å². The first kappa shape index (κ1) is 13.3. The summed E-state index contributed by atoms with van der Waals surface area (Å²) in [4.78, 5) is 15.6. The molecule has 0 spiro atoms. The summed E-state index contributed by atoms with van der Waals surface area (Å²) in [5, 5.41) is 14.2. The van der Waals surface area contributed by atoms with Crippen molar-refractivity contribution in [3.8, 4) is 17.1 Å². The average Bonchev–Trinajstić information content (AvgIpc) is 2.93. The highest BCUT2D eigenvalue weighted by atomic mass is 35.5. The maximum absolute atomic E-state index is 11.4. The number of hydrogen-bond acceptors (Lipinski definition) is 3. The third-order valence-corrected chi connectivity index (χ3v) is 3.14. The van der Waals surface area contributed by atoms with Gasteiger partial charge in [-0.2, -0.15) is 5.10 Å². The molecule has 0 saturated heterocycles. The van der Waals surface area contributed by atoms with Crippen LogP contribution in [0.15, 0.2) is 54.7 Å². The number of halogens is 1. The molecule has 0 aliphatic heterocycles. The fourth-order valence-corrected chi connectivity index (χ4v) is 2.16. The van der Waals surface area contributed by atoms with Gasteiger partial charge in [-0.1, -0.05) is 23.7 Å². The Balaban J connectivity index is 2.16. The molecule has 0 bridgehead atoms.